The average molecular weight is 179 g/mol. The molecule has 0 aliphatic carbocycles. The molecule has 0 spiro atoms. The van der Waals surface area contributed by atoms with Crippen LogP contribution in [0, 0.1) is 0 Å². The van der Waals surface area contributed by atoms with E-state index in [1.165, 1.54) is 0 Å². The van der Waals surface area contributed by atoms with Crippen LogP contribution in [-0.4, -0.2) is 12.5 Å². The molecule has 1 N–H and O–H groups in total. The fourth-order valence-corrected chi connectivity index (χ4v) is 2.07. The van der Waals surface area contributed by atoms with E-state index in [-0.39, 0.29) is 5.91 Å². The van der Waals surface area contributed by atoms with Crippen LogP contribution >= 0.6 is 11.3 Å². The summed E-state index contributed by atoms with van der Waals surface area (Å²) in [5, 5.41) is 4.77. The quantitative estimate of drug-likeness (QED) is 0.602. The van der Waals surface area contributed by atoms with Crippen LogP contribution in [0.15, 0.2) is 23.6 Å². The number of hydrogen-bond donors (Lipinski definition) is 1. The lowest BCUT2D eigenvalue weighted by atomic mass is 10.1. The van der Waals surface area contributed by atoms with Gasteiger partial charge in [0.2, 0.25) is 0 Å². The summed E-state index contributed by atoms with van der Waals surface area (Å²) in [6, 6.07) is 1.88. The van der Waals surface area contributed by atoms with Crippen LogP contribution in [0.2, 0.25) is 0 Å². The summed E-state index contributed by atoms with van der Waals surface area (Å²) in [7, 11) is 0. The van der Waals surface area contributed by atoms with Gasteiger partial charge in [0.05, 0.1) is 5.56 Å². The Balaban J connectivity index is 2.40. The van der Waals surface area contributed by atoms with Crippen LogP contribution in [0.5, 0.6) is 0 Å². The molecule has 1 aliphatic rings. The summed E-state index contributed by atoms with van der Waals surface area (Å²) in [4.78, 5) is 12.5. The monoisotopic (exact) mass is 179 g/mol. The Morgan fingerprint density at radius 2 is 2.33 bits per heavy atom. The van der Waals surface area contributed by atoms with Crippen molar-refractivity contribution < 1.29 is 4.79 Å². The van der Waals surface area contributed by atoms with Crippen molar-refractivity contribution in [2.24, 2.45) is 0 Å². The van der Waals surface area contributed by atoms with Crippen LogP contribution in [0.1, 0.15) is 15.2 Å². The lowest BCUT2D eigenvalue weighted by Crippen LogP contribution is -2.24. The summed E-state index contributed by atoms with van der Waals surface area (Å²) in [6.45, 7) is 0.647. The first-order valence-corrected chi connectivity index (χ1v) is 4.75. The summed E-state index contributed by atoms with van der Waals surface area (Å²) in [5.74, 6) is 0.0515. The van der Waals surface area contributed by atoms with Gasteiger partial charge >= 0.3 is 0 Å². The van der Waals surface area contributed by atoms with Crippen molar-refractivity contribution in [1.29, 1.82) is 0 Å². The van der Waals surface area contributed by atoms with E-state index < -0.39 is 0 Å². The second kappa shape index (κ2) is 3.11. The molecule has 0 fully saturated rings. The molecule has 0 saturated heterocycles. The highest BCUT2D eigenvalue weighted by molar-refractivity contribution is 7.10. The van der Waals surface area contributed by atoms with Crippen LogP contribution in [-0.2, 0) is 6.42 Å². The number of carbonyl (C=O) groups excluding carboxylic acids is 1. The SMILES string of the molecule is O=C1NC/C=C\Cc2sccc21. The van der Waals surface area contributed by atoms with Gasteiger partial charge in [-0.1, -0.05) is 12.2 Å². The number of fused-ring (bicyclic) bond motifs is 1. The van der Waals surface area contributed by atoms with E-state index in [0.29, 0.717) is 6.54 Å². The van der Waals surface area contributed by atoms with Gasteiger partial charge in [0, 0.05) is 17.8 Å². The standard InChI is InChI=1S/C9H9NOS/c11-9-7-4-6-12-8(7)3-1-2-5-10-9/h1-2,4,6H,3,5H2,(H,10,11)/b2-1-. The fraction of sp³-hybridized carbons (Fsp3) is 0.222. The zero-order valence-corrected chi connectivity index (χ0v) is 7.36. The molecule has 1 aromatic rings. The minimum absolute atomic E-state index is 0.0515. The summed E-state index contributed by atoms with van der Waals surface area (Å²) < 4.78 is 0. The largest absolute Gasteiger partial charge is 0.349 e. The van der Waals surface area contributed by atoms with E-state index in [1.54, 1.807) is 11.3 Å². The molecule has 0 saturated carbocycles. The number of amides is 1. The Morgan fingerprint density at radius 3 is 3.25 bits per heavy atom. The van der Waals surface area contributed by atoms with Crippen molar-refractivity contribution >= 4 is 17.2 Å². The van der Waals surface area contributed by atoms with Gasteiger partial charge in [-0.25, -0.2) is 0 Å². The maximum absolute atomic E-state index is 11.4. The number of allylic oxidation sites excluding steroid dienone is 1. The number of carbonyl (C=O) groups is 1. The third-order valence-electron chi connectivity index (χ3n) is 1.84. The van der Waals surface area contributed by atoms with Crippen LogP contribution in [0.25, 0.3) is 0 Å². The summed E-state index contributed by atoms with van der Waals surface area (Å²) in [5.41, 5.74) is 0.837. The Bertz CT molecular complexity index is 327. The molecule has 1 amide bonds. The molecule has 1 aromatic heterocycles. The molecule has 3 heteroatoms. The summed E-state index contributed by atoms with van der Waals surface area (Å²) >= 11 is 1.64. The molecule has 62 valence electrons. The van der Waals surface area contributed by atoms with Gasteiger partial charge in [0.25, 0.3) is 5.91 Å². The van der Waals surface area contributed by atoms with E-state index in [0.717, 1.165) is 16.9 Å². The maximum Gasteiger partial charge on any atom is 0.252 e. The lowest BCUT2D eigenvalue weighted by Gasteiger charge is -2.05. The van der Waals surface area contributed by atoms with Crippen molar-refractivity contribution in [2.75, 3.05) is 6.54 Å². The lowest BCUT2D eigenvalue weighted by molar-refractivity contribution is 0.0957. The molecule has 2 nitrogen and oxygen atoms in total. The van der Waals surface area contributed by atoms with Gasteiger partial charge in [-0.2, -0.15) is 0 Å². The predicted octanol–water partition coefficient (Wildman–Crippen LogP) is 1.59. The first kappa shape index (κ1) is 7.55. The Kier molecular flexibility index (Phi) is 1.96. The molecular weight excluding hydrogens is 170 g/mol. The van der Waals surface area contributed by atoms with Crippen molar-refractivity contribution in [3.63, 3.8) is 0 Å². The Labute approximate surface area is 74.9 Å². The van der Waals surface area contributed by atoms with E-state index in [4.69, 9.17) is 0 Å². The van der Waals surface area contributed by atoms with E-state index in [1.807, 2.05) is 17.5 Å². The first-order valence-electron chi connectivity index (χ1n) is 3.87. The zero-order chi connectivity index (χ0) is 8.39. The van der Waals surface area contributed by atoms with Crippen molar-refractivity contribution in [2.45, 2.75) is 6.42 Å². The Hall–Kier alpha value is -1.09. The molecule has 0 unspecified atom stereocenters. The van der Waals surface area contributed by atoms with Gasteiger partial charge in [0.1, 0.15) is 0 Å². The number of nitrogens with one attached hydrogen (secondary N) is 1. The molecule has 0 aromatic carbocycles. The van der Waals surface area contributed by atoms with Crippen molar-refractivity contribution in [1.82, 2.24) is 5.32 Å². The third kappa shape index (κ3) is 1.28. The fourth-order valence-electron chi connectivity index (χ4n) is 1.22. The van der Waals surface area contributed by atoms with Crippen molar-refractivity contribution in [3.8, 4) is 0 Å². The van der Waals surface area contributed by atoms with Crippen LogP contribution < -0.4 is 5.32 Å². The minimum Gasteiger partial charge on any atom is -0.349 e. The molecule has 2 heterocycles. The highest BCUT2D eigenvalue weighted by Crippen LogP contribution is 2.18. The predicted molar refractivity (Wildman–Crippen MR) is 49.5 cm³/mol. The maximum atomic E-state index is 11.4. The smallest absolute Gasteiger partial charge is 0.252 e. The number of rotatable bonds is 0. The normalized spacial score (nSPS) is 18.8. The zero-order valence-electron chi connectivity index (χ0n) is 6.54. The molecule has 0 bridgehead atoms. The highest BCUT2D eigenvalue weighted by atomic mass is 32.1. The molecule has 1 aliphatic heterocycles. The third-order valence-corrected chi connectivity index (χ3v) is 2.78. The molecular formula is C9H9NOS. The topological polar surface area (TPSA) is 29.1 Å². The van der Waals surface area contributed by atoms with Gasteiger partial charge < -0.3 is 5.32 Å². The molecule has 12 heavy (non-hydrogen) atoms. The minimum atomic E-state index is 0.0515. The molecule has 0 atom stereocenters. The average Bonchev–Trinajstić information content (AvgIpc) is 2.47. The van der Waals surface area contributed by atoms with Crippen LogP contribution in [0.3, 0.4) is 0 Å². The number of hydrogen-bond acceptors (Lipinski definition) is 2. The molecule has 2 rings (SSSR count). The van der Waals surface area contributed by atoms with Gasteiger partial charge in [-0.05, 0) is 11.4 Å². The highest BCUT2D eigenvalue weighted by Gasteiger charge is 2.11. The van der Waals surface area contributed by atoms with Gasteiger partial charge in [-0.15, -0.1) is 11.3 Å². The van der Waals surface area contributed by atoms with Crippen molar-refractivity contribution in [3.05, 3.63) is 34.0 Å². The van der Waals surface area contributed by atoms with E-state index >= 15 is 0 Å². The van der Waals surface area contributed by atoms with E-state index in [9.17, 15) is 4.79 Å². The molecule has 0 radical (unpaired) electrons. The first-order chi connectivity index (χ1) is 5.88. The van der Waals surface area contributed by atoms with E-state index in [2.05, 4.69) is 11.4 Å². The van der Waals surface area contributed by atoms with Crippen LogP contribution in [0.4, 0.5) is 0 Å². The summed E-state index contributed by atoms with van der Waals surface area (Å²) in [6.07, 6.45) is 4.97. The van der Waals surface area contributed by atoms with Gasteiger partial charge in [0.15, 0.2) is 0 Å². The Morgan fingerprint density at radius 1 is 1.42 bits per heavy atom. The second-order valence-electron chi connectivity index (χ2n) is 2.64. The number of thiophene rings is 1. The second-order valence-corrected chi connectivity index (χ2v) is 3.64. The van der Waals surface area contributed by atoms with Gasteiger partial charge in [-0.3, -0.25) is 4.79 Å².